The summed E-state index contributed by atoms with van der Waals surface area (Å²) in [4.78, 5) is 24.2. The number of benzene rings is 2. The van der Waals surface area contributed by atoms with Crippen LogP contribution in [0.4, 0.5) is 5.69 Å². The molecule has 1 atom stereocenters. The summed E-state index contributed by atoms with van der Waals surface area (Å²) in [6.07, 6.45) is -0.915. The van der Waals surface area contributed by atoms with Crippen LogP contribution < -0.4 is 5.32 Å². The molecule has 23 heavy (non-hydrogen) atoms. The number of amides is 1. The first-order valence-electron chi connectivity index (χ1n) is 7.21. The standard InChI is InChI=1S/C18H18ClNO3/c1-11-7-8-16(12(2)9-11)20-17(21)13(3)23-18(22)14-5-4-6-15(19)10-14/h4-10,13H,1-3H3,(H,20,21). The van der Waals surface area contributed by atoms with E-state index in [0.717, 1.165) is 11.1 Å². The van der Waals surface area contributed by atoms with E-state index in [1.165, 1.54) is 13.0 Å². The third-order valence-corrected chi connectivity index (χ3v) is 3.59. The summed E-state index contributed by atoms with van der Waals surface area (Å²) in [7, 11) is 0. The lowest BCUT2D eigenvalue weighted by Gasteiger charge is -2.15. The number of carbonyl (C=O) groups excluding carboxylic acids is 2. The highest BCUT2D eigenvalue weighted by atomic mass is 35.5. The number of esters is 1. The van der Waals surface area contributed by atoms with Crippen molar-refractivity contribution >= 4 is 29.2 Å². The van der Waals surface area contributed by atoms with Gasteiger partial charge in [0.15, 0.2) is 6.10 Å². The van der Waals surface area contributed by atoms with Crippen LogP contribution in [0.1, 0.15) is 28.4 Å². The molecule has 2 rings (SSSR count). The quantitative estimate of drug-likeness (QED) is 0.857. The lowest BCUT2D eigenvalue weighted by Crippen LogP contribution is -2.30. The van der Waals surface area contributed by atoms with Gasteiger partial charge in [0.1, 0.15) is 0 Å². The Balaban J connectivity index is 2.01. The highest BCUT2D eigenvalue weighted by Gasteiger charge is 2.19. The molecule has 0 aromatic heterocycles. The molecule has 1 N–H and O–H groups in total. The van der Waals surface area contributed by atoms with Crippen LogP contribution in [0, 0.1) is 13.8 Å². The lowest BCUT2D eigenvalue weighted by atomic mass is 10.1. The minimum absolute atomic E-state index is 0.309. The molecule has 2 aromatic rings. The van der Waals surface area contributed by atoms with Gasteiger partial charge >= 0.3 is 5.97 Å². The number of nitrogens with one attached hydrogen (secondary N) is 1. The van der Waals surface area contributed by atoms with Gasteiger partial charge in [-0.3, -0.25) is 4.79 Å². The van der Waals surface area contributed by atoms with Crippen molar-refractivity contribution in [1.82, 2.24) is 0 Å². The molecular formula is C18H18ClNO3. The van der Waals surface area contributed by atoms with Gasteiger partial charge in [0.2, 0.25) is 0 Å². The molecule has 0 spiro atoms. The first-order valence-corrected chi connectivity index (χ1v) is 7.59. The van der Waals surface area contributed by atoms with E-state index in [9.17, 15) is 9.59 Å². The van der Waals surface area contributed by atoms with E-state index in [2.05, 4.69) is 5.32 Å². The van der Waals surface area contributed by atoms with Crippen molar-refractivity contribution in [2.24, 2.45) is 0 Å². The molecule has 120 valence electrons. The number of rotatable bonds is 4. The fourth-order valence-corrected chi connectivity index (χ4v) is 2.28. The molecule has 4 nitrogen and oxygen atoms in total. The number of halogens is 1. The molecule has 0 aliphatic carbocycles. The van der Waals surface area contributed by atoms with E-state index >= 15 is 0 Å². The van der Waals surface area contributed by atoms with E-state index in [1.54, 1.807) is 18.2 Å². The normalized spacial score (nSPS) is 11.7. The van der Waals surface area contributed by atoms with Gasteiger partial charge in [-0.1, -0.05) is 35.4 Å². The monoisotopic (exact) mass is 331 g/mol. The Labute approximate surface area is 140 Å². The van der Waals surface area contributed by atoms with Gasteiger partial charge in [0, 0.05) is 10.7 Å². The SMILES string of the molecule is Cc1ccc(NC(=O)C(C)OC(=O)c2cccc(Cl)c2)c(C)c1. The van der Waals surface area contributed by atoms with Gasteiger partial charge < -0.3 is 10.1 Å². The number of ether oxygens (including phenoxy) is 1. The fraction of sp³-hybridized carbons (Fsp3) is 0.222. The summed E-state index contributed by atoms with van der Waals surface area (Å²) in [6, 6.07) is 12.1. The lowest BCUT2D eigenvalue weighted by molar-refractivity contribution is -0.123. The summed E-state index contributed by atoms with van der Waals surface area (Å²) < 4.78 is 5.18. The van der Waals surface area contributed by atoms with Crippen molar-refractivity contribution in [2.75, 3.05) is 5.32 Å². The minimum atomic E-state index is -0.915. The zero-order valence-corrected chi connectivity index (χ0v) is 14.0. The number of anilines is 1. The molecule has 1 amide bonds. The Bertz CT molecular complexity index is 743. The van der Waals surface area contributed by atoms with E-state index < -0.39 is 12.1 Å². The van der Waals surface area contributed by atoms with Gasteiger partial charge in [-0.2, -0.15) is 0 Å². The molecule has 0 fully saturated rings. The van der Waals surface area contributed by atoms with Gasteiger partial charge in [0.25, 0.3) is 5.91 Å². The summed E-state index contributed by atoms with van der Waals surface area (Å²) >= 11 is 5.84. The number of hydrogen-bond acceptors (Lipinski definition) is 3. The second-order valence-electron chi connectivity index (χ2n) is 5.37. The van der Waals surface area contributed by atoms with Crippen molar-refractivity contribution in [1.29, 1.82) is 0 Å². The molecule has 2 aromatic carbocycles. The molecule has 0 saturated carbocycles. The van der Waals surface area contributed by atoms with Gasteiger partial charge in [-0.05, 0) is 50.6 Å². The Morgan fingerprint density at radius 1 is 1.13 bits per heavy atom. The van der Waals surface area contributed by atoms with Crippen LogP contribution in [0.5, 0.6) is 0 Å². The molecule has 0 aliphatic heterocycles. The highest BCUT2D eigenvalue weighted by molar-refractivity contribution is 6.30. The Morgan fingerprint density at radius 2 is 1.87 bits per heavy atom. The van der Waals surface area contributed by atoms with Crippen molar-refractivity contribution in [2.45, 2.75) is 26.9 Å². The minimum Gasteiger partial charge on any atom is -0.449 e. The summed E-state index contributed by atoms with van der Waals surface area (Å²) in [5, 5.41) is 3.20. The molecule has 5 heteroatoms. The van der Waals surface area contributed by atoms with Crippen LogP contribution >= 0.6 is 11.6 Å². The Morgan fingerprint density at radius 3 is 2.52 bits per heavy atom. The van der Waals surface area contributed by atoms with Gasteiger partial charge in [-0.15, -0.1) is 0 Å². The van der Waals surface area contributed by atoms with Gasteiger partial charge in [0.05, 0.1) is 5.56 Å². The number of carbonyl (C=O) groups is 2. The topological polar surface area (TPSA) is 55.4 Å². The van der Waals surface area contributed by atoms with Crippen LogP contribution in [-0.4, -0.2) is 18.0 Å². The summed E-state index contributed by atoms with van der Waals surface area (Å²) in [6.45, 7) is 5.42. The van der Waals surface area contributed by atoms with Crippen molar-refractivity contribution in [3.05, 3.63) is 64.2 Å². The molecular weight excluding hydrogens is 314 g/mol. The largest absolute Gasteiger partial charge is 0.449 e. The zero-order valence-electron chi connectivity index (χ0n) is 13.2. The summed E-state index contributed by atoms with van der Waals surface area (Å²) in [5.41, 5.74) is 3.07. The molecule has 0 bridgehead atoms. The van der Waals surface area contributed by atoms with Crippen LogP contribution in [0.25, 0.3) is 0 Å². The third kappa shape index (κ3) is 4.57. The summed E-state index contributed by atoms with van der Waals surface area (Å²) in [5.74, 6) is -0.969. The average molecular weight is 332 g/mol. The van der Waals surface area contributed by atoms with Crippen LogP contribution in [-0.2, 0) is 9.53 Å². The maximum absolute atomic E-state index is 12.2. The van der Waals surface area contributed by atoms with E-state index in [-0.39, 0.29) is 5.91 Å². The maximum Gasteiger partial charge on any atom is 0.338 e. The van der Waals surface area contributed by atoms with Crippen LogP contribution in [0.3, 0.4) is 0 Å². The molecule has 0 heterocycles. The highest BCUT2D eigenvalue weighted by Crippen LogP contribution is 2.17. The maximum atomic E-state index is 12.2. The van der Waals surface area contributed by atoms with Crippen molar-refractivity contribution in [3.8, 4) is 0 Å². The van der Waals surface area contributed by atoms with Crippen LogP contribution in [0.2, 0.25) is 5.02 Å². The Hall–Kier alpha value is -2.33. The smallest absolute Gasteiger partial charge is 0.338 e. The second kappa shape index (κ2) is 7.29. The molecule has 0 saturated heterocycles. The second-order valence-corrected chi connectivity index (χ2v) is 5.80. The predicted octanol–water partition coefficient (Wildman–Crippen LogP) is 4.14. The molecule has 1 unspecified atom stereocenters. The molecule has 0 aliphatic rings. The predicted molar refractivity (Wildman–Crippen MR) is 90.9 cm³/mol. The Kier molecular flexibility index (Phi) is 5.40. The van der Waals surface area contributed by atoms with Crippen molar-refractivity contribution < 1.29 is 14.3 Å². The number of hydrogen-bond donors (Lipinski definition) is 1. The third-order valence-electron chi connectivity index (χ3n) is 3.35. The van der Waals surface area contributed by atoms with E-state index in [1.807, 2.05) is 32.0 Å². The van der Waals surface area contributed by atoms with E-state index in [4.69, 9.17) is 16.3 Å². The fourth-order valence-electron chi connectivity index (χ4n) is 2.09. The zero-order chi connectivity index (χ0) is 17.0. The first-order chi connectivity index (χ1) is 10.9. The van der Waals surface area contributed by atoms with E-state index in [0.29, 0.717) is 16.3 Å². The first kappa shape index (κ1) is 17.0. The number of aryl methyl sites for hydroxylation is 2. The van der Waals surface area contributed by atoms with Crippen LogP contribution in [0.15, 0.2) is 42.5 Å². The molecule has 0 radical (unpaired) electrons. The average Bonchev–Trinajstić information content (AvgIpc) is 2.49. The van der Waals surface area contributed by atoms with Crippen molar-refractivity contribution in [3.63, 3.8) is 0 Å². The van der Waals surface area contributed by atoms with Gasteiger partial charge in [-0.25, -0.2) is 4.79 Å².